The summed E-state index contributed by atoms with van der Waals surface area (Å²) in [5.74, 6) is 10.9. The number of benzene rings is 8. The Hall–Kier alpha value is -10.0. The fourth-order valence-electron chi connectivity index (χ4n) is 21.3. The van der Waals surface area contributed by atoms with E-state index >= 15 is 0 Å². The maximum Gasteiger partial charge on any atom is 0.258 e. The number of carbonyl (C=O) groups excluding carboxylic acids is 2. The van der Waals surface area contributed by atoms with Crippen LogP contribution in [-0.2, 0) is 17.9 Å². The number of nitriles is 1. The molecule has 0 spiro atoms. The molecule has 0 unspecified atom stereocenters. The lowest BCUT2D eigenvalue weighted by Crippen LogP contribution is -2.46. The van der Waals surface area contributed by atoms with Crippen molar-refractivity contribution in [1.29, 1.82) is 5.26 Å². The van der Waals surface area contributed by atoms with Crippen LogP contribution in [0.4, 0.5) is 5.69 Å². The van der Waals surface area contributed by atoms with Crippen molar-refractivity contribution in [3.63, 3.8) is 0 Å². The van der Waals surface area contributed by atoms with Crippen LogP contribution < -0.4 is 36.2 Å². The fourth-order valence-corrected chi connectivity index (χ4v) is 21.3. The van der Waals surface area contributed by atoms with E-state index in [1.54, 1.807) is 55.6 Å². The zero-order valence-electron chi connectivity index (χ0n) is 86.6. The first-order chi connectivity index (χ1) is 64.6. The van der Waals surface area contributed by atoms with Crippen LogP contribution in [-0.4, -0.2) is 45.6 Å². The SMILES string of the molecule is C=C(C)c1ccc(OCCCCCC(C)C)cc1.C=C1CC(C)(C)CC(=O)N1c1ccc(C(C)C)cc1.C=C1c2ccccc2C(=O)N1CCCCCCC(C)C.C=c1c2cccc3cccc(c(=O)n1CCCCCC(C)C)c32.C=c1c2cccc3cccc(c(=O)n1CCCCCCC(C)C)c32.CC(C)CC12CC3CC(CC(C3)C1)C2.CC(C)CCCCCOc1ccc(C#N)cc1. The summed E-state index contributed by atoms with van der Waals surface area (Å²) in [7, 11) is 0. The Kier molecular flexibility index (Phi) is 43.6. The van der Waals surface area contributed by atoms with E-state index < -0.39 is 0 Å². The minimum Gasteiger partial charge on any atom is -0.494 e. The summed E-state index contributed by atoms with van der Waals surface area (Å²) in [5.41, 5.74) is 9.80. The maximum absolute atomic E-state index is 12.9. The highest BCUT2D eigenvalue weighted by molar-refractivity contribution is 6.11. The van der Waals surface area contributed by atoms with E-state index in [9.17, 15) is 19.2 Å². The molecule has 4 saturated carbocycles. The molecule has 11 nitrogen and oxygen atoms in total. The molecule has 16 rings (SSSR count). The van der Waals surface area contributed by atoms with Crippen molar-refractivity contribution in [1.82, 2.24) is 14.0 Å². The predicted molar refractivity (Wildman–Crippen MR) is 579 cm³/mol. The zero-order valence-corrected chi connectivity index (χ0v) is 86.6. The van der Waals surface area contributed by atoms with E-state index in [-0.39, 0.29) is 28.3 Å². The van der Waals surface area contributed by atoms with Crippen LogP contribution in [0.5, 0.6) is 11.5 Å². The number of allylic oxidation sites excluding steroid dienone is 2. The molecule has 5 fully saturated rings. The van der Waals surface area contributed by atoms with Crippen molar-refractivity contribution in [3.8, 4) is 17.6 Å². The van der Waals surface area contributed by atoms with Crippen molar-refractivity contribution < 1.29 is 19.1 Å². The van der Waals surface area contributed by atoms with E-state index in [1.807, 2.05) is 118 Å². The number of pyridine rings is 2. The monoisotopic (exact) mass is 1830 g/mol. The molecule has 8 aromatic carbocycles. The first kappa shape index (κ1) is 109. The summed E-state index contributed by atoms with van der Waals surface area (Å²) >= 11 is 0. The molecule has 6 aliphatic rings. The molecule has 4 aliphatic carbocycles. The molecule has 1 saturated heterocycles. The van der Waals surface area contributed by atoms with Crippen LogP contribution in [0.3, 0.4) is 0 Å². The molecule has 2 aliphatic heterocycles. The highest BCUT2D eigenvalue weighted by Gasteiger charge is 2.50. The Morgan fingerprint density at radius 1 is 0.430 bits per heavy atom. The van der Waals surface area contributed by atoms with Gasteiger partial charge >= 0.3 is 0 Å². The van der Waals surface area contributed by atoms with Crippen LogP contribution in [0.1, 0.15) is 355 Å². The molecular formula is C124H171N5O6. The fraction of sp³-hybridized carbons (Fsp3) is 0.524. The third-order valence-corrected chi connectivity index (χ3v) is 28.0. The predicted octanol–water partition coefficient (Wildman–Crippen LogP) is 32.3. The third kappa shape index (κ3) is 33.4. The minimum atomic E-state index is 0.0303. The van der Waals surface area contributed by atoms with Gasteiger partial charge in [0.25, 0.3) is 17.0 Å². The van der Waals surface area contributed by atoms with E-state index in [0.29, 0.717) is 17.9 Å². The second kappa shape index (κ2) is 54.2. The molecular weight excluding hydrogens is 1660 g/mol. The molecule has 11 heteroatoms. The number of hydrogen-bond acceptors (Lipinski definition) is 7. The van der Waals surface area contributed by atoms with E-state index in [1.165, 1.54) is 127 Å². The Balaban J connectivity index is 0.000000178. The number of hydrogen-bond donors (Lipinski definition) is 0. The summed E-state index contributed by atoms with van der Waals surface area (Å²) in [6.07, 6.45) is 39.4. The lowest BCUT2D eigenvalue weighted by molar-refractivity contribution is -0.121. The third-order valence-electron chi connectivity index (χ3n) is 28.0. The number of rotatable bonds is 39. The van der Waals surface area contributed by atoms with Crippen LogP contribution in [0.2, 0.25) is 0 Å². The second-order valence-corrected chi connectivity index (χ2v) is 43.8. The highest BCUT2D eigenvalue weighted by Crippen LogP contribution is 2.62. The molecule has 2 aromatic heterocycles. The number of aromatic nitrogens is 2. The maximum atomic E-state index is 12.9. The average Bonchev–Trinajstić information content (AvgIpc) is 1.64. The highest BCUT2D eigenvalue weighted by atomic mass is 16.5. The Morgan fingerprint density at radius 3 is 1.20 bits per heavy atom. The number of piperidine rings is 1. The first-order valence-corrected chi connectivity index (χ1v) is 52.3. The smallest absolute Gasteiger partial charge is 0.258 e. The van der Waals surface area contributed by atoms with Crippen molar-refractivity contribution >= 4 is 85.0 Å². The average molecular weight is 1830 g/mol. The minimum absolute atomic E-state index is 0.0303. The quantitative estimate of drug-likeness (QED) is 0.0351. The van der Waals surface area contributed by atoms with Gasteiger partial charge in [-0.05, 0) is 249 Å². The molecule has 728 valence electrons. The standard InChI is InChI=1S/C22H27NO.C21H25NO.C18H25NO.C17H23NO.C17H26O.C15H21NO.C14H24/c1-16(2)10-6-4-5-7-15-23-17(3)19-13-8-11-18-12-9-14-20(21(18)19)22(23)24;1-15(2)9-5-4-6-14-22-16(3)18-12-7-10-17-11-8-13-19(20(17)18)21(22)23;1-14(2)10-6-4-5-9-13-19-15(3)16-11-7-8-12-17(16)18(19)20;1-12(2)14-6-8-15(9-7-14)18-13(3)10-17(4,5)11-16(18)19;1-14(2)8-6-5-7-13-18-17-11-9-16(10-12-17)15(3)4;1-13(2)6-4-3-5-11-17-15-9-7-14(12-16)8-10-15;1-10(2)6-14-7-11-3-12(8-14)5-13(4-11)9-14/h8-9,11-14,16H,3-7,10,15H2,1-2H3;7-8,10-13,15H,3-6,9,14H2,1-2H3;7-8,11-12,14H,3-6,9-10,13H2,1-2H3;6-9,12H,3,10-11H2,1-2,4-5H3;9-12,14H,3,5-8,13H2,1-2,4H3;7-10,13H,3-6,11H2,1-2H3;10-13H,3-9H2,1-2H3. The zero-order chi connectivity index (χ0) is 97.9. The van der Waals surface area contributed by atoms with Gasteiger partial charge in [0.1, 0.15) is 11.5 Å². The summed E-state index contributed by atoms with van der Waals surface area (Å²) in [4.78, 5) is 53.9. The van der Waals surface area contributed by atoms with E-state index in [0.717, 1.165) is 229 Å². The molecule has 4 heterocycles. The number of nitrogens with zero attached hydrogens (tertiary/aromatic N) is 5. The van der Waals surface area contributed by atoms with E-state index in [4.69, 9.17) is 14.7 Å². The number of ether oxygens (including phenoxy) is 2. The molecule has 2 amide bonds. The Morgan fingerprint density at radius 2 is 0.815 bits per heavy atom. The molecule has 10 aromatic rings. The summed E-state index contributed by atoms with van der Waals surface area (Å²) in [5, 5.41) is 18.5. The van der Waals surface area contributed by atoms with Gasteiger partial charge in [-0.15, -0.1) is 0 Å². The second-order valence-electron chi connectivity index (χ2n) is 43.8. The number of amides is 2. The van der Waals surface area contributed by atoms with Crippen LogP contribution in [0, 0.1) is 75.4 Å². The van der Waals surface area contributed by atoms with Gasteiger partial charge in [0, 0.05) is 97.3 Å². The number of anilines is 1. The van der Waals surface area contributed by atoms with Crippen molar-refractivity contribution in [2.24, 2.45) is 64.1 Å². The number of unbranched alkanes of at least 4 members (excludes halogenated alkanes) is 12. The number of carbonyl (C=O) groups is 2. The largest absolute Gasteiger partial charge is 0.494 e. The molecule has 0 atom stereocenters. The lowest BCUT2D eigenvalue weighted by atomic mass is 9.48. The van der Waals surface area contributed by atoms with Gasteiger partial charge in [-0.1, -0.05) is 362 Å². The Labute approximate surface area is 814 Å². The van der Waals surface area contributed by atoms with Crippen LogP contribution in [0.15, 0.2) is 205 Å². The molecule has 4 bridgehead atoms. The van der Waals surface area contributed by atoms with E-state index in [2.05, 4.69) is 210 Å². The Bertz CT molecular complexity index is 5430. The topological polar surface area (TPSA) is 127 Å². The summed E-state index contributed by atoms with van der Waals surface area (Å²) in [6, 6.07) is 57.9. The summed E-state index contributed by atoms with van der Waals surface area (Å²) < 4.78 is 15.1. The first-order valence-electron chi connectivity index (χ1n) is 52.3. The molecule has 0 N–H and O–H groups in total. The van der Waals surface area contributed by atoms with Crippen LogP contribution in [0.25, 0.3) is 67.5 Å². The number of fused-ring (bicyclic) bond motifs is 1. The van der Waals surface area contributed by atoms with Gasteiger partial charge in [-0.3, -0.25) is 24.1 Å². The normalized spacial score (nSPS) is 16.8. The van der Waals surface area contributed by atoms with Gasteiger partial charge in [-0.2, -0.15) is 5.26 Å². The van der Waals surface area contributed by atoms with Gasteiger partial charge < -0.3 is 23.5 Å². The van der Waals surface area contributed by atoms with Crippen LogP contribution >= 0.6 is 0 Å². The van der Waals surface area contributed by atoms with Crippen molar-refractivity contribution in [2.45, 2.75) is 336 Å². The summed E-state index contributed by atoms with van der Waals surface area (Å²) in [6.45, 7) is 62.5. The van der Waals surface area contributed by atoms with Gasteiger partial charge in [0.05, 0.1) is 24.8 Å². The van der Waals surface area contributed by atoms with Gasteiger partial charge in [0.2, 0.25) is 5.91 Å². The molecule has 0 radical (unpaired) electrons. The van der Waals surface area contributed by atoms with Gasteiger partial charge in [-0.25, -0.2) is 0 Å². The van der Waals surface area contributed by atoms with Crippen molar-refractivity contribution in [3.05, 3.63) is 255 Å². The van der Waals surface area contributed by atoms with Gasteiger partial charge in [0.15, 0.2) is 0 Å². The van der Waals surface area contributed by atoms with Crippen molar-refractivity contribution in [2.75, 3.05) is 24.7 Å². The lowest BCUT2D eigenvalue weighted by Gasteiger charge is -2.57. The molecule has 135 heavy (non-hydrogen) atoms.